The molecule has 150 valence electrons. The number of pyridine rings is 1. The van der Waals surface area contributed by atoms with Crippen LogP contribution < -0.4 is 0 Å². The van der Waals surface area contributed by atoms with Crippen molar-refractivity contribution in [3.63, 3.8) is 0 Å². The highest BCUT2D eigenvalue weighted by molar-refractivity contribution is 5.95. The highest BCUT2D eigenvalue weighted by Gasteiger charge is 2.29. The van der Waals surface area contributed by atoms with E-state index in [1.54, 1.807) is 17.1 Å². The van der Waals surface area contributed by atoms with E-state index in [4.69, 9.17) is 4.52 Å². The van der Waals surface area contributed by atoms with Crippen molar-refractivity contribution >= 4 is 5.91 Å². The Bertz CT molecular complexity index is 1030. The average Bonchev–Trinajstić information content (AvgIpc) is 3.44. The molecular formula is C21H24N6O2. The van der Waals surface area contributed by atoms with Crippen LogP contribution in [-0.2, 0) is 0 Å². The summed E-state index contributed by atoms with van der Waals surface area (Å²) in [6, 6.07) is 3.71. The first-order chi connectivity index (χ1) is 14.2. The number of hydrogen-bond donors (Lipinski definition) is 0. The molecule has 0 bridgehead atoms. The third-order valence-corrected chi connectivity index (χ3v) is 5.73. The first-order valence-electron chi connectivity index (χ1n) is 10.3. The number of hydrogen-bond acceptors (Lipinski definition) is 6. The molecule has 0 N–H and O–H groups in total. The van der Waals surface area contributed by atoms with Crippen molar-refractivity contribution in [1.82, 2.24) is 29.8 Å². The zero-order valence-corrected chi connectivity index (χ0v) is 16.5. The molecule has 1 amide bonds. The summed E-state index contributed by atoms with van der Waals surface area (Å²) in [5.74, 6) is 2.38. The van der Waals surface area contributed by atoms with Crippen molar-refractivity contribution in [2.75, 3.05) is 13.1 Å². The van der Waals surface area contributed by atoms with Gasteiger partial charge in [-0.1, -0.05) is 18.0 Å². The van der Waals surface area contributed by atoms with Gasteiger partial charge in [0.15, 0.2) is 11.6 Å². The minimum atomic E-state index is 0.0535. The second kappa shape index (κ2) is 7.42. The number of amides is 1. The largest absolute Gasteiger partial charge is 0.339 e. The third kappa shape index (κ3) is 3.54. The standard InChI is InChI=1S/C21H24N6O2/c1-14-17(21(28)26-10-4-2-3-5-11-26)13-23-27(14)18-12-16(8-9-22-18)20-24-19(25-29-20)15-6-7-15/h8-9,12-13,15H,2-7,10-11H2,1H3. The van der Waals surface area contributed by atoms with Crippen LogP contribution in [0.15, 0.2) is 29.0 Å². The van der Waals surface area contributed by atoms with Gasteiger partial charge in [-0.2, -0.15) is 10.1 Å². The minimum absolute atomic E-state index is 0.0535. The zero-order chi connectivity index (χ0) is 19.8. The van der Waals surface area contributed by atoms with Crippen LogP contribution in [-0.4, -0.2) is 48.8 Å². The number of aromatic nitrogens is 5. The Morgan fingerprint density at radius 3 is 2.72 bits per heavy atom. The Morgan fingerprint density at radius 2 is 1.97 bits per heavy atom. The molecule has 2 aliphatic rings. The van der Waals surface area contributed by atoms with E-state index in [-0.39, 0.29) is 5.91 Å². The molecule has 2 fully saturated rings. The van der Waals surface area contributed by atoms with E-state index in [1.807, 2.05) is 24.0 Å². The van der Waals surface area contributed by atoms with Crippen LogP contribution in [0.2, 0.25) is 0 Å². The number of carbonyl (C=O) groups is 1. The molecule has 0 aromatic carbocycles. The summed E-state index contributed by atoms with van der Waals surface area (Å²) in [7, 11) is 0. The lowest BCUT2D eigenvalue weighted by atomic mass is 10.2. The van der Waals surface area contributed by atoms with Gasteiger partial charge in [-0.05, 0) is 44.7 Å². The Balaban J connectivity index is 1.41. The van der Waals surface area contributed by atoms with E-state index in [0.29, 0.717) is 23.2 Å². The maximum Gasteiger partial charge on any atom is 0.258 e. The fourth-order valence-electron chi connectivity index (χ4n) is 3.82. The molecule has 3 aromatic heterocycles. The Labute approximate surface area is 168 Å². The van der Waals surface area contributed by atoms with E-state index in [9.17, 15) is 4.79 Å². The summed E-state index contributed by atoms with van der Waals surface area (Å²) >= 11 is 0. The lowest BCUT2D eigenvalue weighted by Gasteiger charge is -2.19. The van der Waals surface area contributed by atoms with Gasteiger partial charge in [-0.25, -0.2) is 9.67 Å². The first kappa shape index (κ1) is 18.0. The Kier molecular flexibility index (Phi) is 4.61. The third-order valence-electron chi connectivity index (χ3n) is 5.73. The second-order valence-corrected chi connectivity index (χ2v) is 7.90. The van der Waals surface area contributed by atoms with Gasteiger partial charge in [-0.3, -0.25) is 4.79 Å². The summed E-state index contributed by atoms with van der Waals surface area (Å²) in [6.07, 6.45) is 10.1. The maximum atomic E-state index is 13.0. The fourth-order valence-corrected chi connectivity index (χ4v) is 3.82. The molecule has 1 aliphatic heterocycles. The van der Waals surface area contributed by atoms with Gasteiger partial charge in [0.25, 0.3) is 11.8 Å². The Hall–Kier alpha value is -3.03. The van der Waals surface area contributed by atoms with Crippen molar-refractivity contribution in [3.05, 3.63) is 41.6 Å². The summed E-state index contributed by atoms with van der Waals surface area (Å²) in [5, 5.41) is 8.53. The van der Waals surface area contributed by atoms with E-state index >= 15 is 0 Å². The molecule has 1 saturated heterocycles. The van der Waals surface area contributed by atoms with E-state index in [1.165, 1.54) is 12.8 Å². The highest BCUT2D eigenvalue weighted by Crippen LogP contribution is 2.38. The predicted molar refractivity (Wildman–Crippen MR) is 106 cm³/mol. The molecule has 5 rings (SSSR count). The van der Waals surface area contributed by atoms with Crippen LogP contribution in [0.5, 0.6) is 0 Å². The molecule has 29 heavy (non-hydrogen) atoms. The van der Waals surface area contributed by atoms with Crippen molar-refractivity contribution in [3.8, 4) is 17.3 Å². The van der Waals surface area contributed by atoms with Crippen molar-refractivity contribution < 1.29 is 9.32 Å². The molecular weight excluding hydrogens is 368 g/mol. The first-order valence-corrected chi connectivity index (χ1v) is 10.3. The lowest BCUT2D eigenvalue weighted by Crippen LogP contribution is -2.32. The molecule has 0 unspecified atom stereocenters. The van der Waals surface area contributed by atoms with Gasteiger partial charge < -0.3 is 9.42 Å². The van der Waals surface area contributed by atoms with Crippen molar-refractivity contribution in [1.29, 1.82) is 0 Å². The van der Waals surface area contributed by atoms with Crippen LogP contribution >= 0.6 is 0 Å². The molecule has 0 spiro atoms. The van der Waals surface area contributed by atoms with Crippen LogP contribution in [0.25, 0.3) is 17.3 Å². The number of nitrogens with zero attached hydrogens (tertiary/aromatic N) is 6. The van der Waals surface area contributed by atoms with Crippen LogP contribution in [0.4, 0.5) is 0 Å². The second-order valence-electron chi connectivity index (χ2n) is 7.90. The van der Waals surface area contributed by atoms with Crippen LogP contribution in [0.3, 0.4) is 0 Å². The van der Waals surface area contributed by atoms with Gasteiger partial charge in [0, 0.05) is 30.8 Å². The van der Waals surface area contributed by atoms with Gasteiger partial charge in [0.05, 0.1) is 17.5 Å². The summed E-state index contributed by atoms with van der Waals surface area (Å²) < 4.78 is 7.13. The lowest BCUT2D eigenvalue weighted by molar-refractivity contribution is 0.0761. The van der Waals surface area contributed by atoms with Gasteiger partial charge in [0.2, 0.25) is 0 Å². The van der Waals surface area contributed by atoms with Gasteiger partial charge in [0.1, 0.15) is 0 Å². The van der Waals surface area contributed by atoms with Gasteiger partial charge in [-0.15, -0.1) is 0 Å². The van der Waals surface area contributed by atoms with Gasteiger partial charge >= 0.3 is 0 Å². The smallest absolute Gasteiger partial charge is 0.258 e. The van der Waals surface area contributed by atoms with E-state index in [0.717, 1.165) is 55.9 Å². The van der Waals surface area contributed by atoms with E-state index < -0.39 is 0 Å². The summed E-state index contributed by atoms with van der Waals surface area (Å²) in [4.78, 5) is 23.9. The monoisotopic (exact) mass is 392 g/mol. The minimum Gasteiger partial charge on any atom is -0.339 e. The number of rotatable bonds is 4. The zero-order valence-electron chi connectivity index (χ0n) is 16.5. The number of carbonyl (C=O) groups excluding carboxylic acids is 1. The highest BCUT2D eigenvalue weighted by atomic mass is 16.5. The summed E-state index contributed by atoms with van der Waals surface area (Å²) in [5.41, 5.74) is 2.21. The van der Waals surface area contributed by atoms with E-state index in [2.05, 4.69) is 20.2 Å². The molecule has 8 heteroatoms. The normalized spacial score (nSPS) is 17.3. The molecule has 0 atom stereocenters. The van der Waals surface area contributed by atoms with Crippen molar-refractivity contribution in [2.24, 2.45) is 0 Å². The molecule has 1 aliphatic carbocycles. The summed E-state index contributed by atoms with van der Waals surface area (Å²) in [6.45, 7) is 3.54. The fraction of sp³-hybridized carbons (Fsp3) is 0.476. The number of likely N-dealkylation sites (tertiary alicyclic amines) is 1. The van der Waals surface area contributed by atoms with Crippen molar-refractivity contribution in [2.45, 2.75) is 51.4 Å². The maximum absolute atomic E-state index is 13.0. The Morgan fingerprint density at radius 1 is 1.17 bits per heavy atom. The quantitative estimate of drug-likeness (QED) is 0.675. The molecule has 0 radical (unpaired) electrons. The molecule has 3 aromatic rings. The SMILES string of the molecule is Cc1c(C(=O)N2CCCCCC2)cnn1-c1cc(-c2nc(C3CC3)no2)ccn1. The topological polar surface area (TPSA) is 89.9 Å². The van der Waals surface area contributed by atoms with Crippen LogP contribution in [0, 0.1) is 6.92 Å². The molecule has 8 nitrogen and oxygen atoms in total. The average molecular weight is 392 g/mol. The van der Waals surface area contributed by atoms with Crippen LogP contribution in [0.1, 0.15) is 66.3 Å². The molecule has 1 saturated carbocycles. The molecule has 4 heterocycles. The predicted octanol–water partition coefficient (Wildman–Crippen LogP) is 3.52.